The number of carbonyl (C=O) groups excluding carboxylic acids is 1. The van der Waals surface area contributed by atoms with E-state index >= 15 is 0 Å². The predicted molar refractivity (Wildman–Crippen MR) is 103 cm³/mol. The van der Waals surface area contributed by atoms with Gasteiger partial charge in [-0.25, -0.2) is 9.97 Å². The molecule has 142 valence electrons. The fourth-order valence-electron chi connectivity index (χ4n) is 3.84. The number of para-hydroxylation sites is 1. The summed E-state index contributed by atoms with van der Waals surface area (Å²) in [6.45, 7) is 4.72. The molecule has 1 aromatic heterocycles. The zero-order chi connectivity index (χ0) is 18.6. The van der Waals surface area contributed by atoms with Gasteiger partial charge in [0.25, 0.3) is 5.91 Å². The molecule has 3 heterocycles. The molecule has 2 aromatic rings. The van der Waals surface area contributed by atoms with Crippen molar-refractivity contribution in [3.05, 3.63) is 53.1 Å². The van der Waals surface area contributed by atoms with Crippen molar-refractivity contribution in [2.75, 3.05) is 19.7 Å². The van der Waals surface area contributed by atoms with Crippen LogP contribution in [-0.2, 0) is 13.0 Å². The Balaban J connectivity index is 1.51. The first-order valence-corrected chi connectivity index (χ1v) is 9.85. The number of ether oxygens (including phenoxy) is 1. The van der Waals surface area contributed by atoms with Crippen molar-refractivity contribution >= 4 is 5.91 Å². The van der Waals surface area contributed by atoms with Gasteiger partial charge in [-0.3, -0.25) is 4.79 Å². The summed E-state index contributed by atoms with van der Waals surface area (Å²) < 4.78 is 5.62. The van der Waals surface area contributed by atoms with Gasteiger partial charge in [0.1, 0.15) is 11.6 Å². The summed E-state index contributed by atoms with van der Waals surface area (Å²) in [6, 6.07) is 7.71. The lowest BCUT2D eigenvalue weighted by Gasteiger charge is -2.29. The van der Waals surface area contributed by atoms with Crippen LogP contribution in [0.2, 0.25) is 0 Å². The molecule has 6 heteroatoms. The Morgan fingerprint density at radius 2 is 2.22 bits per heavy atom. The number of hydrogen-bond donors (Lipinski definition) is 1. The summed E-state index contributed by atoms with van der Waals surface area (Å²) in [6.07, 6.45) is 6.21. The molecule has 1 N–H and O–H groups in total. The van der Waals surface area contributed by atoms with E-state index in [2.05, 4.69) is 10.3 Å². The lowest BCUT2D eigenvalue weighted by molar-refractivity contribution is 0.0729. The van der Waals surface area contributed by atoms with E-state index in [0.29, 0.717) is 31.0 Å². The second-order valence-corrected chi connectivity index (χ2v) is 7.11. The molecule has 4 rings (SSSR count). The number of amides is 1. The normalized spacial score (nSPS) is 19.4. The van der Waals surface area contributed by atoms with Crippen molar-refractivity contribution in [1.29, 1.82) is 0 Å². The summed E-state index contributed by atoms with van der Waals surface area (Å²) in [4.78, 5) is 24.3. The van der Waals surface area contributed by atoms with Crippen molar-refractivity contribution in [2.45, 2.75) is 45.2 Å². The summed E-state index contributed by atoms with van der Waals surface area (Å²) in [5, 5.41) is 3.51. The van der Waals surface area contributed by atoms with Gasteiger partial charge in [0.05, 0.1) is 23.9 Å². The van der Waals surface area contributed by atoms with Crippen LogP contribution in [0.25, 0.3) is 0 Å². The molecule has 0 saturated carbocycles. The third-order valence-corrected chi connectivity index (χ3v) is 5.28. The van der Waals surface area contributed by atoms with Gasteiger partial charge in [-0.1, -0.05) is 18.6 Å². The molecule has 6 nitrogen and oxygen atoms in total. The van der Waals surface area contributed by atoms with E-state index in [9.17, 15) is 4.79 Å². The number of hydrogen-bond acceptors (Lipinski definition) is 5. The highest BCUT2D eigenvalue weighted by Gasteiger charge is 2.26. The first-order valence-electron chi connectivity index (χ1n) is 9.85. The fraction of sp³-hybridized carbons (Fsp3) is 0.476. The fourth-order valence-corrected chi connectivity index (χ4v) is 3.84. The van der Waals surface area contributed by atoms with Crippen LogP contribution in [0.3, 0.4) is 0 Å². The topological polar surface area (TPSA) is 67.3 Å². The summed E-state index contributed by atoms with van der Waals surface area (Å²) in [5.41, 5.74) is 2.74. The van der Waals surface area contributed by atoms with Gasteiger partial charge >= 0.3 is 0 Å². The Hall–Kier alpha value is -2.47. The Labute approximate surface area is 160 Å². The average molecular weight is 366 g/mol. The van der Waals surface area contributed by atoms with Crippen molar-refractivity contribution in [3.63, 3.8) is 0 Å². The molecule has 0 aliphatic carbocycles. The maximum Gasteiger partial charge on any atom is 0.257 e. The minimum absolute atomic E-state index is 0.00252. The van der Waals surface area contributed by atoms with Crippen LogP contribution in [0.4, 0.5) is 0 Å². The zero-order valence-electron chi connectivity index (χ0n) is 15.8. The number of aromatic nitrogens is 2. The Morgan fingerprint density at radius 1 is 1.33 bits per heavy atom. The molecular formula is C21H26N4O2. The van der Waals surface area contributed by atoms with Crippen LogP contribution in [-0.4, -0.2) is 40.5 Å². The van der Waals surface area contributed by atoms with Crippen LogP contribution in [0.5, 0.6) is 5.75 Å². The van der Waals surface area contributed by atoms with Gasteiger partial charge in [0, 0.05) is 31.3 Å². The largest absolute Gasteiger partial charge is 0.493 e. The van der Waals surface area contributed by atoms with E-state index in [4.69, 9.17) is 9.72 Å². The second-order valence-electron chi connectivity index (χ2n) is 7.11. The summed E-state index contributed by atoms with van der Waals surface area (Å²) >= 11 is 0. The van der Waals surface area contributed by atoms with Crippen molar-refractivity contribution < 1.29 is 9.53 Å². The molecule has 0 spiro atoms. The lowest BCUT2D eigenvalue weighted by Crippen LogP contribution is -2.37. The van der Waals surface area contributed by atoms with Gasteiger partial charge in [-0.05, 0) is 38.4 Å². The number of carbonyl (C=O) groups is 1. The van der Waals surface area contributed by atoms with Crippen molar-refractivity contribution in [1.82, 2.24) is 20.2 Å². The highest BCUT2D eigenvalue weighted by Crippen LogP contribution is 2.26. The number of nitrogens with zero attached hydrogens (tertiary/aromatic N) is 3. The van der Waals surface area contributed by atoms with Gasteiger partial charge in [-0.2, -0.15) is 0 Å². The maximum absolute atomic E-state index is 13.0. The quantitative estimate of drug-likeness (QED) is 0.901. The molecule has 27 heavy (non-hydrogen) atoms. The average Bonchev–Trinajstić information content (AvgIpc) is 2.74. The maximum atomic E-state index is 13.0. The van der Waals surface area contributed by atoms with Gasteiger partial charge in [-0.15, -0.1) is 0 Å². The van der Waals surface area contributed by atoms with E-state index in [1.807, 2.05) is 42.3 Å². The van der Waals surface area contributed by atoms with E-state index in [1.54, 1.807) is 0 Å². The SMILES string of the molecule is CCOc1ccccc1C(=O)N1CCc2nc(C3CCCCN3)ncc2C1. The van der Waals surface area contributed by atoms with E-state index in [1.165, 1.54) is 12.8 Å². The number of rotatable bonds is 4. The molecule has 1 unspecified atom stereocenters. The Morgan fingerprint density at radius 3 is 3.04 bits per heavy atom. The standard InChI is InChI=1S/C21H26N4O2/c1-2-27-19-9-4-3-7-16(19)21(26)25-12-10-17-15(14-25)13-23-20(24-17)18-8-5-6-11-22-18/h3-4,7,9,13,18,22H,2,5-6,8,10-12,14H2,1H3. The minimum Gasteiger partial charge on any atom is -0.493 e. The van der Waals surface area contributed by atoms with Crippen LogP contribution >= 0.6 is 0 Å². The summed E-state index contributed by atoms with van der Waals surface area (Å²) in [7, 11) is 0. The molecule has 2 aliphatic heterocycles. The van der Waals surface area contributed by atoms with E-state index in [-0.39, 0.29) is 11.9 Å². The van der Waals surface area contributed by atoms with Gasteiger partial charge in [0.15, 0.2) is 0 Å². The molecule has 1 fully saturated rings. The molecule has 1 aromatic carbocycles. The number of benzene rings is 1. The third-order valence-electron chi connectivity index (χ3n) is 5.28. The van der Waals surface area contributed by atoms with Gasteiger partial charge < -0.3 is 15.0 Å². The van der Waals surface area contributed by atoms with Crippen LogP contribution in [0.1, 0.15) is 59.7 Å². The number of nitrogens with one attached hydrogen (secondary N) is 1. The molecule has 0 radical (unpaired) electrons. The van der Waals surface area contributed by atoms with Crippen molar-refractivity contribution in [3.8, 4) is 5.75 Å². The molecule has 2 aliphatic rings. The molecule has 0 bridgehead atoms. The lowest BCUT2D eigenvalue weighted by atomic mass is 10.0. The highest BCUT2D eigenvalue weighted by atomic mass is 16.5. The molecule has 1 atom stereocenters. The Bertz CT molecular complexity index is 818. The smallest absolute Gasteiger partial charge is 0.257 e. The van der Waals surface area contributed by atoms with Crippen LogP contribution < -0.4 is 10.1 Å². The summed E-state index contributed by atoms with van der Waals surface area (Å²) in [5.74, 6) is 1.54. The number of fused-ring (bicyclic) bond motifs is 1. The predicted octanol–water partition coefficient (Wildman–Crippen LogP) is 2.89. The molecule has 1 amide bonds. The minimum atomic E-state index is 0.00252. The first kappa shape index (κ1) is 17.9. The van der Waals surface area contributed by atoms with Gasteiger partial charge in [0.2, 0.25) is 0 Å². The van der Waals surface area contributed by atoms with Crippen LogP contribution in [0, 0.1) is 0 Å². The molecule has 1 saturated heterocycles. The van der Waals surface area contributed by atoms with Crippen molar-refractivity contribution in [2.24, 2.45) is 0 Å². The molecular weight excluding hydrogens is 340 g/mol. The Kier molecular flexibility index (Phi) is 5.34. The van der Waals surface area contributed by atoms with Crippen LogP contribution in [0.15, 0.2) is 30.5 Å². The number of piperidine rings is 1. The van der Waals surface area contributed by atoms with E-state index in [0.717, 1.165) is 36.5 Å². The second kappa shape index (κ2) is 8.05. The highest BCUT2D eigenvalue weighted by molar-refractivity contribution is 5.97. The first-order chi connectivity index (χ1) is 13.3. The zero-order valence-corrected chi connectivity index (χ0v) is 15.8. The monoisotopic (exact) mass is 366 g/mol. The third kappa shape index (κ3) is 3.81. The van der Waals surface area contributed by atoms with E-state index < -0.39 is 0 Å².